The van der Waals surface area contributed by atoms with Gasteiger partial charge < -0.3 is 10.1 Å². The molecule has 8 heteroatoms. The highest BCUT2D eigenvalue weighted by Crippen LogP contribution is 2.19. The second kappa shape index (κ2) is 7.83. The van der Waals surface area contributed by atoms with Crippen molar-refractivity contribution in [1.82, 2.24) is 9.97 Å². The maximum Gasteiger partial charge on any atom is 0.305 e. The first-order valence-corrected chi connectivity index (χ1v) is 6.35. The van der Waals surface area contributed by atoms with Gasteiger partial charge in [-0.1, -0.05) is 0 Å². The van der Waals surface area contributed by atoms with Crippen molar-refractivity contribution in [2.45, 2.75) is 19.8 Å². The summed E-state index contributed by atoms with van der Waals surface area (Å²) < 4.78 is 5.56. The molecular weight excluding hydrogens is 302 g/mol. The fourth-order valence-corrected chi connectivity index (χ4v) is 1.56. The lowest BCUT2D eigenvalue weighted by atomic mass is 10.3. The Hall–Kier alpha value is -1.41. The van der Waals surface area contributed by atoms with E-state index < -0.39 is 0 Å². The average Bonchev–Trinajstić information content (AvgIpc) is 2.37. The van der Waals surface area contributed by atoms with Gasteiger partial charge in [-0.05, 0) is 29.3 Å². The fraction of sp³-hybridized carbons (Fsp3) is 0.500. The summed E-state index contributed by atoms with van der Waals surface area (Å²) in [6, 6.07) is 0. The molecule has 1 aromatic rings. The summed E-state index contributed by atoms with van der Waals surface area (Å²) in [5.74, 6) is 5.98. The molecule has 0 saturated carbocycles. The molecule has 0 fully saturated rings. The van der Waals surface area contributed by atoms with Crippen LogP contribution >= 0.6 is 15.9 Å². The van der Waals surface area contributed by atoms with Gasteiger partial charge in [0.05, 0.1) is 11.1 Å². The topological polar surface area (TPSA) is 102 Å². The summed E-state index contributed by atoms with van der Waals surface area (Å²) >= 11 is 3.32. The molecule has 0 amide bonds. The number of hydrogen-bond donors (Lipinski definition) is 3. The lowest BCUT2D eigenvalue weighted by Crippen LogP contribution is -2.13. The van der Waals surface area contributed by atoms with Crippen molar-refractivity contribution in [3.05, 3.63) is 10.7 Å². The van der Waals surface area contributed by atoms with E-state index in [1.165, 1.54) is 0 Å². The molecule has 0 radical (unpaired) electrons. The maximum absolute atomic E-state index is 11.1. The molecule has 1 aromatic heterocycles. The Morgan fingerprint density at radius 2 is 2.39 bits per heavy atom. The number of nitrogens with zero attached hydrogens (tertiary/aromatic N) is 2. The zero-order valence-electron chi connectivity index (χ0n) is 10.1. The van der Waals surface area contributed by atoms with Crippen LogP contribution in [-0.2, 0) is 9.53 Å². The number of hydrogen-bond acceptors (Lipinski definition) is 7. The monoisotopic (exact) mass is 317 g/mol. The Bertz CT molecular complexity index is 402. The van der Waals surface area contributed by atoms with Gasteiger partial charge in [0.2, 0.25) is 5.95 Å². The number of carbonyl (C=O) groups excluding carboxylic acids is 1. The van der Waals surface area contributed by atoms with Gasteiger partial charge in [0.15, 0.2) is 0 Å². The first-order valence-electron chi connectivity index (χ1n) is 5.56. The van der Waals surface area contributed by atoms with Crippen molar-refractivity contribution in [2.24, 2.45) is 5.84 Å². The van der Waals surface area contributed by atoms with Crippen LogP contribution in [0.4, 0.5) is 11.8 Å². The van der Waals surface area contributed by atoms with Crippen LogP contribution in [0.25, 0.3) is 0 Å². The Morgan fingerprint density at radius 1 is 1.61 bits per heavy atom. The van der Waals surface area contributed by atoms with E-state index in [1.807, 2.05) is 0 Å². The largest absolute Gasteiger partial charge is 0.466 e. The summed E-state index contributed by atoms with van der Waals surface area (Å²) in [6.07, 6.45) is 2.64. The lowest BCUT2D eigenvalue weighted by molar-refractivity contribution is -0.143. The molecule has 0 saturated heterocycles. The highest BCUT2D eigenvalue weighted by molar-refractivity contribution is 9.10. The Kier molecular flexibility index (Phi) is 6.37. The van der Waals surface area contributed by atoms with Crippen LogP contribution in [0.15, 0.2) is 10.7 Å². The number of aromatic nitrogens is 2. The summed E-state index contributed by atoms with van der Waals surface area (Å²) in [4.78, 5) is 19.2. The highest BCUT2D eigenvalue weighted by Gasteiger charge is 2.05. The van der Waals surface area contributed by atoms with Gasteiger partial charge in [-0.25, -0.2) is 10.8 Å². The van der Waals surface area contributed by atoms with Crippen molar-refractivity contribution < 1.29 is 9.53 Å². The van der Waals surface area contributed by atoms with Crippen LogP contribution < -0.4 is 16.6 Å². The molecular formula is C10H16BrN5O2. The molecule has 4 N–H and O–H groups in total. The number of nitrogen functional groups attached to an aromatic ring is 1. The number of nitrogens with one attached hydrogen (secondary N) is 2. The molecule has 100 valence electrons. The molecule has 7 nitrogen and oxygen atoms in total. The molecule has 0 bridgehead atoms. The molecule has 18 heavy (non-hydrogen) atoms. The number of hydrazine groups is 1. The van der Waals surface area contributed by atoms with Crippen molar-refractivity contribution in [1.29, 1.82) is 0 Å². The third kappa shape index (κ3) is 4.84. The average molecular weight is 318 g/mol. The first-order chi connectivity index (χ1) is 8.67. The fourth-order valence-electron chi connectivity index (χ4n) is 1.23. The second-order valence-electron chi connectivity index (χ2n) is 3.37. The molecule has 0 aliphatic heterocycles. The van der Waals surface area contributed by atoms with Crippen LogP contribution in [0, 0.1) is 0 Å². The van der Waals surface area contributed by atoms with Crippen molar-refractivity contribution in [3.8, 4) is 0 Å². The minimum Gasteiger partial charge on any atom is -0.466 e. The Morgan fingerprint density at radius 3 is 3.06 bits per heavy atom. The predicted octanol–water partition coefficient (Wildman–Crippen LogP) is 1.28. The van der Waals surface area contributed by atoms with E-state index >= 15 is 0 Å². The van der Waals surface area contributed by atoms with E-state index in [-0.39, 0.29) is 5.97 Å². The van der Waals surface area contributed by atoms with E-state index in [2.05, 4.69) is 36.6 Å². The molecule has 0 aromatic carbocycles. The van der Waals surface area contributed by atoms with Crippen LogP contribution in [0.1, 0.15) is 19.8 Å². The highest BCUT2D eigenvalue weighted by atomic mass is 79.9. The third-order valence-corrected chi connectivity index (χ3v) is 2.61. The molecule has 1 heterocycles. The first kappa shape index (κ1) is 14.7. The predicted molar refractivity (Wildman–Crippen MR) is 71.9 cm³/mol. The maximum atomic E-state index is 11.1. The second-order valence-corrected chi connectivity index (χ2v) is 4.22. The van der Waals surface area contributed by atoms with Crippen LogP contribution in [0.5, 0.6) is 0 Å². The molecule has 0 atom stereocenters. The minimum atomic E-state index is -0.189. The van der Waals surface area contributed by atoms with E-state index in [4.69, 9.17) is 10.6 Å². The zero-order chi connectivity index (χ0) is 13.4. The quantitative estimate of drug-likeness (QED) is 0.301. The summed E-state index contributed by atoms with van der Waals surface area (Å²) in [5, 5.41) is 3.08. The van der Waals surface area contributed by atoms with Gasteiger partial charge in [-0.15, -0.1) is 0 Å². The molecule has 0 aliphatic rings. The number of ether oxygens (including phenoxy) is 1. The van der Waals surface area contributed by atoms with E-state index in [0.717, 1.165) is 4.47 Å². The van der Waals surface area contributed by atoms with Gasteiger partial charge in [-0.2, -0.15) is 4.98 Å². The van der Waals surface area contributed by atoms with Gasteiger partial charge >= 0.3 is 5.97 Å². The number of nitrogens with two attached hydrogens (primary N) is 1. The minimum absolute atomic E-state index is 0.189. The van der Waals surface area contributed by atoms with Gasteiger partial charge in [0.1, 0.15) is 5.82 Å². The summed E-state index contributed by atoms with van der Waals surface area (Å²) in [6.45, 7) is 2.81. The van der Waals surface area contributed by atoms with Gasteiger partial charge in [0.25, 0.3) is 0 Å². The van der Waals surface area contributed by atoms with Crippen LogP contribution in [-0.4, -0.2) is 29.1 Å². The van der Waals surface area contributed by atoms with Gasteiger partial charge in [0, 0.05) is 19.2 Å². The van der Waals surface area contributed by atoms with E-state index in [9.17, 15) is 4.79 Å². The molecule has 0 spiro atoms. The van der Waals surface area contributed by atoms with E-state index in [0.29, 0.717) is 37.8 Å². The Balaban J connectivity index is 2.37. The van der Waals surface area contributed by atoms with Gasteiger partial charge in [-0.3, -0.25) is 10.2 Å². The van der Waals surface area contributed by atoms with Crippen molar-refractivity contribution in [3.63, 3.8) is 0 Å². The summed E-state index contributed by atoms with van der Waals surface area (Å²) in [5.41, 5.74) is 2.36. The van der Waals surface area contributed by atoms with Crippen molar-refractivity contribution in [2.75, 3.05) is 23.9 Å². The lowest BCUT2D eigenvalue weighted by Gasteiger charge is -2.08. The van der Waals surface area contributed by atoms with Crippen molar-refractivity contribution >= 4 is 33.7 Å². The molecule has 1 rings (SSSR count). The number of halogens is 1. The molecule has 0 unspecified atom stereocenters. The number of anilines is 2. The summed E-state index contributed by atoms with van der Waals surface area (Å²) in [7, 11) is 0. The van der Waals surface area contributed by atoms with Crippen LogP contribution in [0.3, 0.4) is 0 Å². The molecule has 0 aliphatic carbocycles. The smallest absolute Gasteiger partial charge is 0.305 e. The third-order valence-electron chi connectivity index (χ3n) is 2.03. The standard InChI is InChI=1S/C10H16BrN5O2/c1-2-18-8(17)4-3-5-13-9-7(11)6-14-10(15-9)16-12/h6H,2-5,12H2,1H3,(H2,13,14,15,16). The number of esters is 1. The van der Waals surface area contributed by atoms with E-state index in [1.54, 1.807) is 13.1 Å². The van der Waals surface area contributed by atoms with Crippen LogP contribution in [0.2, 0.25) is 0 Å². The number of carbonyl (C=O) groups is 1. The normalized spacial score (nSPS) is 9.94. The zero-order valence-corrected chi connectivity index (χ0v) is 11.7. The number of rotatable bonds is 7. The Labute approximate surface area is 114 Å². The SMILES string of the molecule is CCOC(=O)CCCNc1nc(NN)ncc1Br.